The van der Waals surface area contributed by atoms with Crippen molar-refractivity contribution in [1.82, 2.24) is 5.32 Å². The number of unbranched alkanes of at least 4 members (excludes halogenated alkanes) is 1. The number of anilines is 1. The summed E-state index contributed by atoms with van der Waals surface area (Å²) in [6, 6.07) is 6.83. The summed E-state index contributed by atoms with van der Waals surface area (Å²) in [5.41, 5.74) is 0.639. The maximum Gasteiger partial charge on any atom is 0.223 e. The number of benzene rings is 1. The van der Waals surface area contributed by atoms with Gasteiger partial charge < -0.3 is 15.0 Å². The van der Waals surface area contributed by atoms with E-state index in [2.05, 4.69) is 12.2 Å². The minimum atomic E-state index is -0.191. The van der Waals surface area contributed by atoms with E-state index in [1.54, 1.807) is 12.1 Å². The summed E-state index contributed by atoms with van der Waals surface area (Å²) in [5.74, 6) is -0.0331. The summed E-state index contributed by atoms with van der Waals surface area (Å²) in [6.07, 6.45) is 4.62. The van der Waals surface area contributed by atoms with Crippen LogP contribution in [0.5, 0.6) is 0 Å². The van der Waals surface area contributed by atoms with E-state index in [0.717, 1.165) is 51.8 Å². The Morgan fingerprint density at radius 2 is 1.96 bits per heavy atom. The van der Waals surface area contributed by atoms with Gasteiger partial charge in [0.25, 0.3) is 0 Å². The van der Waals surface area contributed by atoms with Gasteiger partial charge in [0.2, 0.25) is 5.91 Å². The van der Waals surface area contributed by atoms with Gasteiger partial charge in [0.05, 0.1) is 5.69 Å². The van der Waals surface area contributed by atoms with Gasteiger partial charge in [-0.2, -0.15) is 0 Å². The van der Waals surface area contributed by atoms with Gasteiger partial charge in [0.1, 0.15) is 5.82 Å². The van der Waals surface area contributed by atoms with E-state index in [0.29, 0.717) is 18.8 Å². The summed E-state index contributed by atoms with van der Waals surface area (Å²) in [5, 5.41) is 3.00. The molecule has 0 aromatic heterocycles. The smallest absolute Gasteiger partial charge is 0.223 e. The van der Waals surface area contributed by atoms with Crippen LogP contribution in [0.1, 0.15) is 39.0 Å². The number of nitrogens with one attached hydrogen (secondary N) is 1. The van der Waals surface area contributed by atoms with Crippen LogP contribution >= 0.6 is 0 Å². The molecule has 1 aliphatic rings. The summed E-state index contributed by atoms with van der Waals surface area (Å²) in [4.78, 5) is 14.2. The molecule has 0 spiro atoms. The molecule has 2 rings (SSSR count). The molecule has 1 aromatic carbocycles. The molecule has 0 unspecified atom stereocenters. The third-order valence-electron chi connectivity index (χ3n) is 4.47. The van der Waals surface area contributed by atoms with Crippen molar-refractivity contribution in [3.63, 3.8) is 0 Å². The first-order valence-electron chi connectivity index (χ1n) is 9.07. The number of amides is 1. The molecule has 0 radical (unpaired) electrons. The summed E-state index contributed by atoms with van der Waals surface area (Å²) in [6.45, 7) is 5.75. The molecule has 0 bridgehead atoms. The fraction of sp³-hybridized carbons (Fsp3) is 0.632. The van der Waals surface area contributed by atoms with Crippen LogP contribution < -0.4 is 10.2 Å². The molecule has 1 aromatic rings. The molecular weight excluding hydrogens is 307 g/mol. The Bertz CT molecular complexity index is 502. The Balaban J connectivity index is 1.63. The normalized spacial score (nSPS) is 15.5. The van der Waals surface area contributed by atoms with Crippen molar-refractivity contribution in [2.24, 2.45) is 5.92 Å². The molecule has 5 heteroatoms. The minimum absolute atomic E-state index is 0.0361. The van der Waals surface area contributed by atoms with E-state index in [-0.39, 0.29) is 17.6 Å². The van der Waals surface area contributed by atoms with Crippen LogP contribution in [-0.2, 0) is 9.53 Å². The SMILES string of the molecule is CCCCOCCCNC(=O)C1CCN(c2ccccc2F)CC1. The Labute approximate surface area is 144 Å². The van der Waals surface area contributed by atoms with Crippen LogP contribution in [0, 0.1) is 11.7 Å². The van der Waals surface area contributed by atoms with Gasteiger partial charge in [0, 0.05) is 38.8 Å². The van der Waals surface area contributed by atoms with E-state index >= 15 is 0 Å². The first-order valence-corrected chi connectivity index (χ1v) is 9.07. The van der Waals surface area contributed by atoms with E-state index < -0.39 is 0 Å². The highest BCUT2D eigenvalue weighted by molar-refractivity contribution is 5.79. The number of hydrogen-bond acceptors (Lipinski definition) is 3. The molecule has 4 nitrogen and oxygen atoms in total. The number of piperidine rings is 1. The lowest BCUT2D eigenvalue weighted by atomic mass is 9.95. The number of rotatable bonds is 9. The van der Waals surface area contributed by atoms with E-state index in [1.165, 1.54) is 6.07 Å². The number of carbonyl (C=O) groups is 1. The highest BCUT2D eigenvalue weighted by atomic mass is 19.1. The Kier molecular flexibility index (Phi) is 8.02. The van der Waals surface area contributed by atoms with Gasteiger partial charge in [-0.05, 0) is 37.8 Å². The average molecular weight is 336 g/mol. The van der Waals surface area contributed by atoms with Crippen molar-refractivity contribution in [3.05, 3.63) is 30.1 Å². The highest BCUT2D eigenvalue weighted by Gasteiger charge is 2.25. The van der Waals surface area contributed by atoms with Crippen LogP contribution in [0.25, 0.3) is 0 Å². The number of hydrogen-bond donors (Lipinski definition) is 1. The van der Waals surface area contributed by atoms with Crippen LogP contribution in [0.3, 0.4) is 0 Å². The maximum atomic E-state index is 13.8. The lowest BCUT2D eigenvalue weighted by Gasteiger charge is -2.33. The second-order valence-electron chi connectivity index (χ2n) is 6.32. The molecule has 1 heterocycles. The first-order chi connectivity index (χ1) is 11.7. The van der Waals surface area contributed by atoms with Crippen LogP contribution in [0.4, 0.5) is 10.1 Å². The number of carbonyl (C=O) groups excluding carboxylic acids is 1. The largest absolute Gasteiger partial charge is 0.381 e. The second-order valence-corrected chi connectivity index (χ2v) is 6.32. The number of halogens is 1. The Morgan fingerprint density at radius 1 is 1.25 bits per heavy atom. The molecule has 0 saturated carbocycles. The topological polar surface area (TPSA) is 41.6 Å². The van der Waals surface area contributed by atoms with Gasteiger partial charge in [-0.3, -0.25) is 4.79 Å². The molecule has 0 atom stereocenters. The van der Waals surface area contributed by atoms with E-state index in [1.807, 2.05) is 11.0 Å². The minimum Gasteiger partial charge on any atom is -0.381 e. The average Bonchev–Trinajstić information content (AvgIpc) is 2.61. The first kappa shape index (κ1) is 18.7. The summed E-state index contributed by atoms with van der Waals surface area (Å²) >= 11 is 0. The van der Waals surface area contributed by atoms with Gasteiger partial charge in [-0.25, -0.2) is 4.39 Å². The molecule has 1 fully saturated rings. The zero-order valence-electron chi connectivity index (χ0n) is 14.6. The monoisotopic (exact) mass is 336 g/mol. The zero-order valence-corrected chi connectivity index (χ0v) is 14.6. The molecule has 134 valence electrons. The number of nitrogens with zero attached hydrogens (tertiary/aromatic N) is 1. The molecule has 1 aliphatic heterocycles. The van der Waals surface area contributed by atoms with Crippen molar-refractivity contribution < 1.29 is 13.9 Å². The quantitative estimate of drug-likeness (QED) is 0.703. The third kappa shape index (κ3) is 5.78. The lowest BCUT2D eigenvalue weighted by Crippen LogP contribution is -2.41. The van der Waals surface area contributed by atoms with Gasteiger partial charge >= 0.3 is 0 Å². The van der Waals surface area contributed by atoms with Gasteiger partial charge in [-0.1, -0.05) is 25.5 Å². The third-order valence-corrected chi connectivity index (χ3v) is 4.47. The standard InChI is InChI=1S/C19H29FN2O2/c1-2-3-14-24-15-6-11-21-19(23)16-9-12-22(13-10-16)18-8-5-4-7-17(18)20/h4-5,7-8,16H,2-3,6,9-15H2,1H3,(H,21,23). The Morgan fingerprint density at radius 3 is 2.67 bits per heavy atom. The molecule has 1 saturated heterocycles. The molecular formula is C19H29FN2O2. The fourth-order valence-electron chi connectivity index (χ4n) is 2.97. The summed E-state index contributed by atoms with van der Waals surface area (Å²) < 4.78 is 19.3. The predicted octanol–water partition coefficient (Wildman–Crippen LogP) is 3.37. The van der Waals surface area contributed by atoms with E-state index in [4.69, 9.17) is 4.74 Å². The molecule has 1 N–H and O–H groups in total. The van der Waals surface area contributed by atoms with Crippen molar-refractivity contribution >= 4 is 11.6 Å². The van der Waals surface area contributed by atoms with Crippen LogP contribution in [0.15, 0.2) is 24.3 Å². The van der Waals surface area contributed by atoms with Gasteiger partial charge in [-0.15, -0.1) is 0 Å². The van der Waals surface area contributed by atoms with Crippen molar-refractivity contribution in [2.45, 2.75) is 39.0 Å². The van der Waals surface area contributed by atoms with Crippen LogP contribution in [-0.4, -0.2) is 38.8 Å². The van der Waals surface area contributed by atoms with Crippen molar-refractivity contribution in [3.8, 4) is 0 Å². The predicted molar refractivity (Wildman–Crippen MR) is 94.7 cm³/mol. The summed E-state index contributed by atoms with van der Waals surface area (Å²) in [7, 11) is 0. The zero-order chi connectivity index (χ0) is 17.2. The van der Waals surface area contributed by atoms with Crippen molar-refractivity contribution in [2.75, 3.05) is 37.7 Å². The maximum absolute atomic E-state index is 13.8. The number of para-hydroxylation sites is 1. The molecule has 0 aliphatic carbocycles. The highest BCUT2D eigenvalue weighted by Crippen LogP contribution is 2.25. The molecule has 24 heavy (non-hydrogen) atoms. The lowest BCUT2D eigenvalue weighted by molar-refractivity contribution is -0.125. The Hall–Kier alpha value is -1.62. The second kappa shape index (κ2) is 10.3. The van der Waals surface area contributed by atoms with Crippen molar-refractivity contribution in [1.29, 1.82) is 0 Å². The van der Waals surface area contributed by atoms with E-state index in [9.17, 15) is 9.18 Å². The van der Waals surface area contributed by atoms with Gasteiger partial charge in [0.15, 0.2) is 0 Å². The number of ether oxygens (including phenoxy) is 1. The molecule has 1 amide bonds. The fourth-order valence-corrected chi connectivity index (χ4v) is 2.97. The van der Waals surface area contributed by atoms with Crippen LogP contribution in [0.2, 0.25) is 0 Å².